The van der Waals surface area contributed by atoms with E-state index < -0.39 is 11.9 Å². The van der Waals surface area contributed by atoms with Crippen molar-refractivity contribution in [3.8, 4) is 0 Å². The summed E-state index contributed by atoms with van der Waals surface area (Å²) in [5, 5.41) is 12.2. The van der Waals surface area contributed by atoms with Crippen LogP contribution in [0.25, 0.3) is 0 Å². The molecule has 0 aromatic carbocycles. The summed E-state index contributed by atoms with van der Waals surface area (Å²) in [5.41, 5.74) is 0. The average molecular weight is 283 g/mol. The number of rotatable bonds is 5. The van der Waals surface area contributed by atoms with Gasteiger partial charge in [0.2, 0.25) is 5.91 Å². The van der Waals surface area contributed by atoms with Gasteiger partial charge in [-0.2, -0.15) is 0 Å². The monoisotopic (exact) mass is 283 g/mol. The minimum absolute atomic E-state index is 0.0843. The molecule has 4 atom stereocenters. The molecule has 114 valence electrons. The summed E-state index contributed by atoms with van der Waals surface area (Å²) in [5.74, 6) is -1.05. The number of hydrogen-bond acceptors (Lipinski definition) is 3. The fourth-order valence-electron chi connectivity index (χ4n) is 3.38. The van der Waals surface area contributed by atoms with E-state index in [1.165, 1.54) is 0 Å². The molecule has 1 aliphatic heterocycles. The predicted octanol–water partition coefficient (Wildman–Crippen LogP) is 1.67. The average Bonchev–Trinajstić information content (AvgIpc) is 2.90. The lowest BCUT2D eigenvalue weighted by Gasteiger charge is -2.23. The largest absolute Gasteiger partial charge is 0.481 e. The van der Waals surface area contributed by atoms with Crippen LogP contribution in [0, 0.1) is 23.7 Å². The summed E-state index contributed by atoms with van der Waals surface area (Å²) in [6.07, 6.45) is 4.41. The molecule has 1 saturated heterocycles. The number of carboxylic acids is 1. The van der Waals surface area contributed by atoms with Crippen molar-refractivity contribution in [2.45, 2.75) is 39.0 Å². The molecule has 0 radical (unpaired) electrons. The zero-order valence-corrected chi connectivity index (χ0v) is 12.1. The second-order valence-electron chi connectivity index (χ2n) is 6.13. The molecular formula is C15H25NO4. The number of carbonyl (C=O) groups is 2. The Labute approximate surface area is 120 Å². The molecule has 20 heavy (non-hydrogen) atoms. The topological polar surface area (TPSA) is 75.6 Å². The molecule has 1 amide bonds. The smallest absolute Gasteiger partial charge is 0.307 e. The molecule has 0 aromatic heterocycles. The van der Waals surface area contributed by atoms with Crippen LogP contribution < -0.4 is 5.32 Å². The van der Waals surface area contributed by atoms with Gasteiger partial charge < -0.3 is 15.2 Å². The summed E-state index contributed by atoms with van der Waals surface area (Å²) < 4.78 is 5.39. The van der Waals surface area contributed by atoms with Gasteiger partial charge in [0, 0.05) is 13.2 Å². The summed E-state index contributed by atoms with van der Waals surface area (Å²) in [6, 6.07) is 0. The molecule has 0 aromatic rings. The van der Waals surface area contributed by atoms with E-state index in [9.17, 15) is 14.7 Å². The third-order valence-electron chi connectivity index (χ3n) is 4.71. The van der Waals surface area contributed by atoms with Gasteiger partial charge in [-0.05, 0) is 37.5 Å². The molecule has 1 heterocycles. The van der Waals surface area contributed by atoms with Crippen molar-refractivity contribution in [1.82, 2.24) is 5.32 Å². The zero-order chi connectivity index (χ0) is 14.5. The lowest BCUT2D eigenvalue weighted by molar-refractivity contribution is -0.146. The molecule has 2 N–H and O–H groups in total. The molecule has 2 aliphatic rings. The maximum absolute atomic E-state index is 12.2. The molecule has 2 rings (SSSR count). The van der Waals surface area contributed by atoms with Crippen molar-refractivity contribution >= 4 is 11.9 Å². The van der Waals surface area contributed by atoms with E-state index in [1.807, 2.05) is 0 Å². The Hall–Kier alpha value is -1.10. The minimum atomic E-state index is -0.831. The SMILES string of the molecule is CCC1CC(C(=O)O)C(C(=O)NCC2CCCOC2)C1. The third kappa shape index (κ3) is 3.72. The second kappa shape index (κ2) is 7.07. The number of amides is 1. The van der Waals surface area contributed by atoms with Gasteiger partial charge >= 0.3 is 5.97 Å². The van der Waals surface area contributed by atoms with Crippen molar-refractivity contribution < 1.29 is 19.4 Å². The number of carbonyl (C=O) groups excluding carboxylic acids is 1. The standard InChI is InChI=1S/C15H25NO4/c1-2-10-6-12(13(7-10)15(18)19)14(17)16-8-11-4-3-5-20-9-11/h10-13H,2-9H2,1H3,(H,16,17)(H,18,19). The lowest BCUT2D eigenvalue weighted by Crippen LogP contribution is -2.39. The maximum atomic E-state index is 12.2. The van der Waals surface area contributed by atoms with Crippen molar-refractivity contribution in [3.05, 3.63) is 0 Å². The van der Waals surface area contributed by atoms with Gasteiger partial charge in [0.25, 0.3) is 0 Å². The van der Waals surface area contributed by atoms with Gasteiger partial charge in [-0.3, -0.25) is 9.59 Å². The number of carboxylic acid groups (broad SMARTS) is 1. The van der Waals surface area contributed by atoms with Crippen LogP contribution in [0.15, 0.2) is 0 Å². The third-order valence-corrected chi connectivity index (χ3v) is 4.71. The first-order valence-corrected chi connectivity index (χ1v) is 7.70. The van der Waals surface area contributed by atoms with Crippen LogP contribution in [0.2, 0.25) is 0 Å². The van der Waals surface area contributed by atoms with Crippen molar-refractivity contribution in [1.29, 1.82) is 0 Å². The van der Waals surface area contributed by atoms with Gasteiger partial charge in [0.1, 0.15) is 0 Å². The highest BCUT2D eigenvalue weighted by Crippen LogP contribution is 2.38. The zero-order valence-electron chi connectivity index (χ0n) is 12.1. The van der Waals surface area contributed by atoms with E-state index in [0.29, 0.717) is 37.8 Å². The summed E-state index contributed by atoms with van der Waals surface area (Å²) in [7, 11) is 0. The van der Waals surface area contributed by atoms with Crippen molar-refractivity contribution in [3.63, 3.8) is 0 Å². The Morgan fingerprint density at radius 3 is 2.60 bits per heavy atom. The Bertz CT molecular complexity index is 352. The molecule has 1 saturated carbocycles. The van der Waals surface area contributed by atoms with E-state index >= 15 is 0 Å². The molecule has 5 nitrogen and oxygen atoms in total. The molecule has 0 spiro atoms. The minimum Gasteiger partial charge on any atom is -0.481 e. The van der Waals surface area contributed by atoms with Crippen LogP contribution in [0.1, 0.15) is 39.0 Å². The normalized spacial score (nSPS) is 33.9. The number of aliphatic carboxylic acids is 1. The first-order chi connectivity index (χ1) is 9.61. The highest BCUT2D eigenvalue weighted by molar-refractivity contribution is 5.85. The first kappa shape index (κ1) is 15.3. The van der Waals surface area contributed by atoms with E-state index in [-0.39, 0.29) is 11.8 Å². The molecule has 5 heteroatoms. The van der Waals surface area contributed by atoms with Crippen LogP contribution in [-0.4, -0.2) is 36.7 Å². The number of nitrogens with one attached hydrogen (secondary N) is 1. The summed E-state index contributed by atoms with van der Waals surface area (Å²) >= 11 is 0. The Balaban J connectivity index is 1.85. The molecule has 2 fully saturated rings. The maximum Gasteiger partial charge on any atom is 0.307 e. The fourth-order valence-corrected chi connectivity index (χ4v) is 3.38. The summed E-state index contributed by atoms with van der Waals surface area (Å²) in [4.78, 5) is 23.5. The quantitative estimate of drug-likeness (QED) is 0.804. The van der Waals surface area contributed by atoms with Gasteiger partial charge in [-0.1, -0.05) is 13.3 Å². The van der Waals surface area contributed by atoms with Crippen LogP contribution in [0.3, 0.4) is 0 Å². The number of ether oxygens (including phenoxy) is 1. The number of hydrogen-bond donors (Lipinski definition) is 2. The second-order valence-corrected chi connectivity index (χ2v) is 6.13. The molecular weight excluding hydrogens is 258 g/mol. The van der Waals surface area contributed by atoms with Crippen LogP contribution in [0.5, 0.6) is 0 Å². The highest BCUT2D eigenvalue weighted by atomic mass is 16.5. The fraction of sp³-hybridized carbons (Fsp3) is 0.867. The van der Waals surface area contributed by atoms with Crippen LogP contribution in [-0.2, 0) is 14.3 Å². The first-order valence-electron chi connectivity index (χ1n) is 7.70. The Morgan fingerprint density at radius 1 is 1.25 bits per heavy atom. The van der Waals surface area contributed by atoms with Gasteiger partial charge in [-0.25, -0.2) is 0 Å². The summed E-state index contributed by atoms with van der Waals surface area (Å²) in [6.45, 7) is 4.18. The van der Waals surface area contributed by atoms with E-state index in [2.05, 4.69) is 12.2 Å². The molecule has 4 unspecified atom stereocenters. The van der Waals surface area contributed by atoms with E-state index in [0.717, 1.165) is 25.9 Å². The highest BCUT2D eigenvalue weighted by Gasteiger charge is 2.42. The van der Waals surface area contributed by atoms with E-state index in [1.54, 1.807) is 0 Å². The Kier molecular flexibility index (Phi) is 5.40. The van der Waals surface area contributed by atoms with Gasteiger partial charge in [0.15, 0.2) is 0 Å². The van der Waals surface area contributed by atoms with Gasteiger partial charge in [-0.15, -0.1) is 0 Å². The van der Waals surface area contributed by atoms with Crippen molar-refractivity contribution in [2.24, 2.45) is 23.7 Å². The van der Waals surface area contributed by atoms with Crippen LogP contribution in [0.4, 0.5) is 0 Å². The van der Waals surface area contributed by atoms with E-state index in [4.69, 9.17) is 4.74 Å². The molecule has 0 bridgehead atoms. The molecule has 1 aliphatic carbocycles. The Morgan fingerprint density at radius 2 is 2.00 bits per heavy atom. The van der Waals surface area contributed by atoms with Crippen LogP contribution >= 0.6 is 0 Å². The van der Waals surface area contributed by atoms with Crippen molar-refractivity contribution in [2.75, 3.05) is 19.8 Å². The predicted molar refractivity (Wildman–Crippen MR) is 74.2 cm³/mol. The lowest BCUT2D eigenvalue weighted by atomic mass is 9.95. The van der Waals surface area contributed by atoms with Gasteiger partial charge in [0.05, 0.1) is 18.4 Å².